The van der Waals surface area contributed by atoms with Crippen molar-refractivity contribution >= 4 is 0 Å². The Bertz CT molecular complexity index is 444. The van der Waals surface area contributed by atoms with Crippen LogP contribution in [0.25, 0.3) is 0 Å². The lowest BCUT2D eigenvalue weighted by Crippen LogP contribution is -2.40. The maximum Gasteiger partial charge on any atom is 0.126 e. The van der Waals surface area contributed by atoms with Gasteiger partial charge in [0.2, 0.25) is 0 Å². The summed E-state index contributed by atoms with van der Waals surface area (Å²) in [5, 5.41) is 0. The van der Waals surface area contributed by atoms with E-state index in [1.165, 1.54) is 37.8 Å². The Balaban J connectivity index is 1.89. The quantitative estimate of drug-likeness (QED) is 0.894. The van der Waals surface area contributed by atoms with Crippen molar-refractivity contribution in [2.45, 2.75) is 51.1 Å². The van der Waals surface area contributed by atoms with Gasteiger partial charge in [0.25, 0.3) is 0 Å². The molecule has 0 radical (unpaired) electrons. The van der Waals surface area contributed by atoms with Crippen LogP contribution in [-0.2, 0) is 0 Å². The Kier molecular flexibility index (Phi) is 5.71. The van der Waals surface area contributed by atoms with E-state index in [-0.39, 0.29) is 6.04 Å². The molecule has 3 atom stereocenters. The Morgan fingerprint density at radius 1 is 1.19 bits per heavy atom. The van der Waals surface area contributed by atoms with Crippen LogP contribution in [0.3, 0.4) is 0 Å². The van der Waals surface area contributed by atoms with E-state index in [9.17, 15) is 8.78 Å². The highest BCUT2D eigenvalue weighted by Gasteiger charge is 2.25. The molecule has 1 aromatic carbocycles. The molecule has 0 bridgehead atoms. The molecule has 0 aliphatic heterocycles. The van der Waals surface area contributed by atoms with Crippen LogP contribution in [0.5, 0.6) is 0 Å². The summed E-state index contributed by atoms with van der Waals surface area (Å²) in [6.45, 7) is 3.16. The van der Waals surface area contributed by atoms with Crippen LogP contribution in [0, 0.1) is 17.6 Å². The fraction of sp³-hybridized carbons (Fsp3) is 0.647. The van der Waals surface area contributed by atoms with Gasteiger partial charge in [-0.15, -0.1) is 0 Å². The predicted octanol–water partition coefficient (Wildman–Crippen LogP) is 3.87. The van der Waals surface area contributed by atoms with E-state index in [2.05, 4.69) is 18.9 Å². The van der Waals surface area contributed by atoms with Crippen molar-refractivity contribution in [1.29, 1.82) is 0 Å². The minimum absolute atomic E-state index is 0.323. The smallest absolute Gasteiger partial charge is 0.126 e. The molecule has 1 saturated carbocycles. The third-order valence-electron chi connectivity index (χ3n) is 4.74. The van der Waals surface area contributed by atoms with Crippen LogP contribution in [0.2, 0.25) is 0 Å². The summed E-state index contributed by atoms with van der Waals surface area (Å²) in [5.41, 5.74) is 6.62. The summed E-state index contributed by atoms with van der Waals surface area (Å²) in [6, 6.07) is 3.83. The molecule has 1 aliphatic carbocycles. The summed E-state index contributed by atoms with van der Waals surface area (Å²) < 4.78 is 26.4. The first-order valence-electron chi connectivity index (χ1n) is 7.89. The Labute approximate surface area is 126 Å². The van der Waals surface area contributed by atoms with E-state index in [0.717, 1.165) is 12.6 Å². The van der Waals surface area contributed by atoms with E-state index in [1.54, 1.807) is 0 Å². The molecule has 0 amide bonds. The topological polar surface area (TPSA) is 29.3 Å². The monoisotopic (exact) mass is 296 g/mol. The zero-order valence-electron chi connectivity index (χ0n) is 13.0. The molecule has 21 heavy (non-hydrogen) atoms. The number of hydrogen-bond acceptors (Lipinski definition) is 2. The maximum atomic E-state index is 13.2. The van der Waals surface area contributed by atoms with Gasteiger partial charge >= 0.3 is 0 Å². The predicted molar refractivity (Wildman–Crippen MR) is 82.0 cm³/mol. The van der Waals surface area contributed by atoms with Gasteiger partial charge in [0.15, 0.2) is 0 Å². The molecule has 1 fully saturated rings. The molecule has 1 aliphatic rings. The second-order valence-electron chi connectivity index (χ2n) is 6.41. The van der Waals surface area contributed by atoms with E-state index in [4.69, 9.17) is 5.73 Å². The molecule has 0 saturated heterocycles. The lowest BCUT2D eigenvalue weighted by Gasteiger charge is -2.36. The first-order chi connectivity index (χ1) is 9.97. The van der Waals surface area contributed by atoms with Crippen molar-refractivity contribution < 1.29 is 8.78 Å². The first kappa shape index (κ1) is 16.4. The number of nitrogens with two attached hydrogens (primary N) is 1. The Morgan fingerprint density at radius 2 is 1.81 bits per heavy atom. The summed E-state index contributed by atoms with van der Waals surface area (Å²) in [5.74, 6) is -0.406. The molecule has 0 heterocycles. The summed E-state index contributed by atoms with van der Waals surface area (Å²) in [7, 11) is 2.13. The van der Waals surface area contributed by atoms with Crippen molar-refractivity contribution in [2.24, 2.45) is 11.7 Å². The number of hydrogen-bond donors (Lipinski definition) is 1. The van der Waals surface area contributed by atoms with Gasteiger partial charge in [-0.1, -0.05) is 19.8 Å². The fourth-order valence-corrected chi connectivity index (χ4v) is 3.42. The molecule has 3 unspecified atom stereocenters. The van der Waals surface area contributed by atoms with E-state index >= 15 is 0 Å². The van der Waals surface area contributed by atoms with Crippen LogP contribution in [0.4, 0.5) is 8.78 Å². The van der Waals surface area contributed by atoms with Crippen molar-refractivity contribution in [1.82, 2.24) is 4.90 Å². The zero-order valence-corrected chi connectivity index (χ0v) is 13.0. The number of benzene rings is 1. The largest absolute Gasteiger partial charge is 0.324 e. The van der Waals surface area contributed by atoms with Crippen molar-refractivity contribution in [2.75, 3.05) is 13.6 Å². The molecule has 2 N–H and O–H groups in total. The lowest BCUT2D eigenvalue weighted by molar-refractivity contribution is 0.136. The molecule has 0 spiro atoms. The highest BCUT2D eigenvalue weighted by atomic mass is 19.1. The third kappa shape index (κ3) is 4.48. The van der Waals surface area contributed by atoms with Gasteiger partial charge in [0.1, 0.15) is 11.6 Å². The Hall–Kier alpha value is -1.00. The molecule has 2 rings (SSSR count). The van der Waals surface area contributed by atoms with Crippen molar-refractivity contribution in [3.05, 3.63) is 35.4 Å². The lowest BCUT2D eigenvalue weighted by atomic mass is 9.85. The number of halogens is 2. The van der Waals surface area contributed by atoms with Gasteiger partial charge in [-0.2, -0.15) is 0 Å². The highest BCUT2D eigenvalue weighted by molar-refractivity contribution is 5.21. The molecular weight excluding hydrogens is 270 g/mol. The molecule has 4 heteroatoms. The molecule has 1 aromatic rings. The van der Waals surface area contributed by atoms with Crippen LogP contribution in [-0.4, -0.2) is 24.5 Å². The zero-order chi connectivity index (χ0) is 15.4. The van der Waals surface area contributed by atoms with Crippen LogP contribution >= 0.6 is 0 Å². The van der Waals surface area contributed by atoms with Crippen LogP contribution in [0.1, 0.15) is 50.6 Å². The minimum Gasteiger partial charge on any atom is -0.324 e. The van der Waals surface area contributed by atoms with E-state index in [0.29, 0.717) is 23.9 Å². The van der Waals surface area contributed by atoms with Crippen LogP contribution in [0.15, 0.2) is 18.2 Å². The highest BCUT2D eigenvalue weighted by Crippen LogP contribution is 2.28. The van der Waals surface area contributed by atoms with Gasteiger partial charge < -0.3 is 10.6 Å². The summed E-state index contributed by atoms with van der Waals surface area (Å²) in [6.07, 6.45) is 5.86. The van der Waals surface area contributed by atoms with Gasteiger partial charge in [-0.3, -0.25) is 0 Å². The summed E-state index contributed by atoms with van der Waals surface area (Å²) in [4.78, 5) is 2.36. The Morgan fingerprint density at radius 3 is 2.43 bits per heavy atom. The van der Waals surface area contributed by atoms with Gasteiger partial charge in [0.05, 0.1) is 0 Å². The normalized spacial score (nSPS) is 24.3. The van der Waals surface area contributed by atoms with Gasteiger partial charge in [0, 0.05) is 18.2 Å². The third-order valence-corrected chi connectivity index (χ3v) is 4.74. The van der Waals surface area contributed by atoms with Crippen LogP contribution < -0.4 is 5.73 Å². The minimum atomic E-state index is -0.560. The molecule has 0 aromatic heterocycles. The fourth-order valence-electron chi connectivity index (χ4n) is 3.42. The maximum absolute atomic E-state index is 13.2. The second-order valence-corrected chi connectivity index (χ2v) is 6.41. The second kappa shape index (κ2) is 7.32. The summed E-state index contributed by atoms with van der Waals surface area (Å²) >= 11 is 0. The van der Waals surface area contributed by atoms with Gasteiger partial charge in [-0.25, -0.2) is 8.78 Å². The van der Waals surface area contributed by atoms with Gasteiger partial charge in [-0.05, 0) is 56.5 Å². The average Bonchev–Trinajstić information content (AvgIpc) is 2.43. The molecular formula is C17H26F2N2. The first-order valence-corrected chi connectivity index (χ1v) is 7.89. The van der Waals surface area contributed by atoms with Crippen molar-refractivity contribution in [3.63, 3.8) is 0 Å². The molecule has 2 nitrogen and oxygen atoms in total. The van der Waals surface area contributed by atoms with E-state index in [1.807, 2.05) is 0 Å². The standard InChI is InChI=1S/C17H26F2N2/c1-12-5-3-4-6-17(12)21(2)8-7-16(20)13-9-14(18)11-15(19)10-13/h9-12,16-17H,3-8,20H2,1-2H3. The van der Waals surface area contributed by atoms with Crippen molar-refractivity contribution in [3.8, 4) is 0 Å². The van der Waals surface area contributed by atoms with E-state index < -0.39 is 11.6 Å². The number of nitrogens with zero attached hydrogens (tertiary/aromatic N) is 1. The number of rotatable bonds is 5. The molecule has 118 valence electrons. The average molecular weight is 296 g/mol. The SMILES string of the molecule is CC1CCCCC1N(C)CCC(N)c1cc(F)cc(F)c1.